The monoisotopic (exact) mass is 464 g/mol. The molecule has 0 saturated carbocycles. The van der Waals surface area contributed by atoms with Gasteiger partial charge in [-0.05, 0) is 43.5 Å². The SMILES string of the molecule is CCCN1C(=O)/C(=C/c2c(NC(C)c3ccccc3)nc3c(C)cccn3c2=O)SC1=S. The van der Waals surface area contributed by atoms with Crippen LogP contribution in [0.3, 0.4) is 0 Å². The maximum Gasteiger partial charge on any atom is 0.267 e. The molecule has 0 spiro atoms. The summed E-state index contributed by atoms with van der Waals surface area (Å²) in [6.07, 6.45) is 4.13. The number of pyridine rings is 1. The largest absolute Gasteiger partial charge is 0.363 e. The van der Waals surface area contributed by atoms with Crippen molar-refractivity contribution in [1.29, 1.82) is 0 Å². The molecule has 1 fully saturated rings. The number of thiocarbonyl (C=S) groups is 1. The molecule has 2 aromatic heterocycles. The number of carbonyl (C=O) groups excluding carboxylic acids is 1. The van der Waals surface area contributed by atoms with Gasteiger partial charge in [0, 0.05) is 18.8 Å². The first-order valence-corrected chi connectivity index (χ1v) is 11.7. The number of nitrogens with one attached hydrogen (secondary N) is 1. The van der Waals surface area contributed by atoms with Gasteiger partial charge in [0.2, 0.25) is 0 Å². The maximum absolute atomic E-state index is 13.5. The van der Waals surface area contributed by atoms with Gasteiger partial charge in [0.05, 0.1) is 10.5 Å². The van der Waals surface area contributed by atoms with Gasteiger partial charge in [0.25, 0.3) is 11.5 Å². The Balaban J connectivity index is 1.84. The van der Waals surface area contributed by atoms with Crippen molar-refractivity contribution in [2.45, 2.75) is 33.2 Å². The second kappa shape index (κ2) is 9.26. The highest BCUT2D eigenvalue weighted by Crippen LogP contribution is 2.33. The number of hydrogen-bond acceptors (Lipinski definition) is 6. The van der Waals surface area contributed by atoms with Gasteiger partial charge in [-0.2, -0.15) is 0 Å². The van der Waals surface area contributed by atoms with Crippen molar-refractivity contribution in [3.63, 3.8) is 0 Å². The Morgan fingerprint density at radius 2 is 1.94 bits per heavy atom. The Labute approximate surface area is 196 Å². The molecule has 6 nitrogen and oxygen atoms in total. The van der Waals surface area contributed by atoms with Crippen molar-refractivity contribution < 1.29 is 4.79 Å². The second-order valence-corrected chi connectivity index (χ2v) is 9.35. The minimum absolute atomic E-state index is 0.0867. The third kappa shape index (κ3) is 4.20. The Hall–Kier alpha value is -2.97. The smallest absolute Gasteiger partial charge is 0.267 e. The Bertz CT molecular complexity index is 1280. The first-order chi connectivity index (χ1) is 15.4. The fourth-order valence-electron chi connectivity index (χ4n) is 3.63. The Morgan fingerprint density at radius 1 is 1.19 bits per heavy atom. The first kappa shape index (κ1) is 22.2. The van der Waals surface area contributed by atoms with E-state index in [4.69, 9.17) is 17.2 Å². The number of amides is 1. The maximum atomic E-state index is 13.5. The van der Waals surface area contributed by atoms with E-state index in [2.05, 4.69) is 5.32 Å². The highest BCUT2D eigenvalue weighted by molar-refractivity contribution is 8.26. The summed E-state index contributed by atoms with van der Waals surface area (Å²) in [4.78, 5) is 33.2. The van der Waals surface area contributed by atoms with E-state index < -0.39 is 0 Å². The zero-order chi connectivity index (χ0) is 22.8. The number of hydrogen-bond donors (Lipinski definition) is 1. The van der Waals surface area contributed by atoms with Gasteiger partial charge in [0.15, 0.2) is 0 Å². The third-order valence-corrected chi connectivity index (χ3v) is 6.71. The summed E-state index contributed by atoms with van der Waals surface area (Å²) in [6, 6.07) is 13.6. The molecule has 1 atom stereocenters. The second-order valence-electron chi connectivity index (χ2n) is 7.67. The van der Waals surface area contributed by atoms with E-state index in [-0.39, 0.29) is 17.5 Å². The molecule has 1 aliphatic heterocycles. The highest BCUT2D eigenvalue weighted by Gasteiger charge is 2.32. The quantitative estimate of drug-likeness (QED) is 0.418. The van der Waals surface area contributed by atoms with Gasteiger partial charge < -0.3 is 5.32 Å². The normalized spacial score (nSPS) is 16.2. The molecule has 1 aromatic carbocycles. The van der Waals surface area contributed by atoms with Gasteiger partial charge in [-0.15, -0.1) is 0 Å². The van der Waals surface area contributed by atoms with Crippen molar-refractivity contribution in [1.82, 2.24) is 14.3 Å². The van der Waals surface area contributed by atoms with E-state index in [1.54, 1.807) is 17.2 Å². The molecule has 3 heterocycles. The lowest BCUT2D eigenvalue weighted by molar-refractivity contribution is -0.122. The van der Waals surface area contributed by atoms with Gasteiger partial charge in [-0.3, -0.25) is 18.9 Å². The van der Waals surface area contributed by atoms with Gasteiger partial charge in [0.1, 0.15) is 15.8 Å². The fraction of sp³-hybridized carbons (Fsp3) is 0.250. The van der Waals surface area contributed by atoms with Crippen LogP contribution in [0.4, 0.5) is 5.82 Å². The molecule has 8 heteroatoms. The lowest BCUT2D eigenvalue weighted by atomic mass is 10.1. The summed E-state index contributed by atoms with van der Waals surface area (Å²) in [5.41, 5.74) is 2.64. The van der Waals surface area contributed by atoms with Crippen LogP contribution in [0, 0.1) is 6.92 Å². The zero-order valence-corrected chi connectivity index (χ0v) is 19.8. The summed E-state index contributed by atoms with van der Waals surface area (Å²) in [5, 5.41) is 3.39. The third-order valence-electron chi connectivity index (χ3n) is 5.33. The molecule has 32 heavy (non-hydrogen) atoms. The summed E-state index contributed by atoms with van der Waals surface area (Å²) in [6.45, 7) is 6.49. The van der Waals surface area contributed by atoms with Crippen molar-refractivity contribution in [3.05, 3.63) is 80.6 Å². The predicted molar refractivity (Wildman–Crippen MR) is 135 cm³/mol. The molecule has 1 saturated heterocycles. The van der Waals surface area contributed by atoms with Crippen LogP contribution >= 0.6 is 24.0 Å². The van der Waals surface area contributed by atoms with Crippen molar-refractivity contribution >= 4 is 51.7 Å². The predicted octanol–water partition coefficient (Wildman–Crippen LogP) is 4.79. The lowest BCUT2D eigenvalue weighted by Crippen LogP contribution is -2.28. The molecular formula is C24H24N4O2S2. The van der Waals surface area contributed by atoms with Crippen LogP contribution in [0.25, 0.3) is 11.7 Å². The van der Waals surface area contributed by atoms with Crippen molar-refractivity contribution in [3.8, 4) is 0 Å². The van der Waals surface area contributed by atoms with Gasteiger partial charge in [-0.1, -0.05) is 67.3 Å². The topological polar surface area (TPSA) is 66.7 Å². The van der Waals surface area contributed by atoms with Crippen LogP contribution in [0.15, 0.2) is 58.4 Å². The van der Waals surface area contributed by atoms with E-state index in [0.717, 1.165) is 17.5 Å². The molecular weight excluding hydrogens is 440 g/mol. The number of aromatic nitrogens is 2. The summed E-state index contributed by atoms with van der Waals surface area (Å²) < 4.78 is 2.03. The van der Waals surface area contributed by atoms with Crippen LogP contribution in [-0.4, -0.2) is 31.1 Å². The average molecular weight is 465 g/mol. The fourth-order valence-corrected chi connectivity index (χ4v) is 4.92. The molecule has 164 valence electrons. The number of anilines is 1. The van der Waals surface area contributed by atoms with Crippen molar-refractivity contribution in [2.75, 3.05) is 11.9 Å². The lowest BCUT2D eigenvalue weighted by Gasteiger charge is -2.18. The van der Waals surface area contributed by atoms with Crippen LogP contribution in [0.5, 0.6) is 0 Å². The van der Waals surface area contributed by atoms with Crippen LogP contribution in [-0.2, 0) is 4.79 Å². The molecule has 0 bridgehead atoms. The van der Waals surface area contributed by atoms with E-state index in [1.807, 2.05) is 63.2 Å². The number of fused-ring (bicyclic) bond motifs is 1. The standard InChI is InChI=1S/C24H24N4O2S2/c1-4-12-28-23(30)19(32-24(28)31)14-18-20(25-16(3)17-10-6-5-7-11-17)26-21-15(2)9-8-13-27(21)22(18)29/h5-11,13-14,16,25H,4,12H2,1-3H3/b19-14-. The molecule has 0 aliphatic carbocycles. The molecule has 0 radical (unpaired) electrons. The van der Waals surface area contributed by atoms with E-state index in [1.165, 1.54) is 16.2 Å². The number of aryl methyl sites for hydroxylation is 1. The average Bonchev–Trinajstić information content (AvgIpc) is 3.05. The number of carbonyl (C=O) groups is 1. The molecule has 1 unspecified atom stereocenters. The number of rotatable bonds is 6. The number of nitrogens with zero attached hydrogens (tertiary/aromatic N) is 3. The highest BCUT2D eigenvalue weighted by atomic mass is 32.2. The molecule has 1 N–H and O–H groups in total. The van der Waals surface area contributed by atoms with Crippen LogP contribution in [0.1, 0.15) is 43.0 Å². The van der Waals surface area contributed by atoms with Gasteiger partial charge >= 0.3 is 0 Å². The molecule has 3 aromatic rings. The number of benzene rings is 1. The van der Waals surface area contributed by atoms with E-state index >= 15 is 0 Å². The summed E-state index contributed by atoms with van der Waals surface area (Å²) in [5.74, 6) is 0.277. The van der Waals surface area contributed by atoms with Crippen LogP contribution in [0.2, 0.25) is 0 Å². The van der Waals surface area contributed by atoms with Gasteiger partial charge in [-0.25, -0.2) is 4.98 Å². The molecule has 1 aliphatic rings. The van der Waals surface area contributed by atoms with E-state index in [9.17, 15) is 9.59 Å². The van der Waals surface area contributed by atoms with E-state index in [0.29, 0.717) is 32.8 Å². The van der Waals surface area contributed by atoms with Crippen LogP contribution < -0.4 is 10.9 Å². The first-order valence-electron chi connectivity index (χ1n) is 10.5. The molecule has 1 amide bonds. The minimum Gasteiger partial charge on any atom is -0.363 e. The molecule has 4 rings (SSSR count). The summed E-state index contributed by atoms with van der Waals surface area (Å²) >= 11 is 6.61. The summed E-state index contributed by atoms with van der Waals surface area (Å²) in [7, 11) is 0. The van der Waals surface area contributed by atoms with Crippen molar-refractivity contribution in [2.24, 2.45) is 0 Å². The number of thioether (sulfide) groups is 1. The zero-order valence-electron chi connectivity index (χ0n) is 18.2. The minimum atomic E-state index is -0.234. The Morgan fingerprint density at radius 3 is 2.66 bits per heavy atom. The Kier molecular flexibility index (Phi) is 6.43.